The highest BCUT2D eigenvalue weighted by atomic mass is 32.1. The first-order valence-electron chi connectivity index (χ1n) is 7.89. The minimum absolute atomic E-state index is 0.0530. The number of nitrogens with one attached hydrogen (secondary N) is 1. The van der Waals surface area contributed by atoms with Gasteiger partial charge < -0.3 is 5.32 Å². The van der Waals surface area contributed by atoms with Crippen LogP contribution < -0.4 is 5.32 Å². The summed E-state index contributed by atoms with van der Waals surface area (Å²) >= 11 is 2.84. The van der Waals surface area contributed by atoms with Gasteiger partial charge in [-0.25, -0.2) is 9.37 Å². The van der Waals surface area contributed by atoms with Crippen molar-refractivity contribution in [3.8, 4) is 16.3 Å². The molecule has 1 aromatic carbocycles. The van der Waals surface area contributed by atoms with Crippen molar-refractivity contribution >= 4 is 34.3 Å². The van der Waals surface area contributed by atoms with Crippen molar-refractivity contribution in [2.75, 3.05) is 5.32 Å². The zero-order valence-electron chi connectivity index (χ0n) is 14.3. The molecule has 10 heteroatoms. The second-order valence-electron chi connectivity index (χ2n) is 5.70. The van der Waals surface area contributed by atoms with Gasteiger partial charge in [-0.2, -0.15) is 16.0 Å². The first-order valence-corrected chi connectivity index (χ1v) is 9.65. The first kappa shape index (κ1) is 17.4. The van der Waals surface area contributed by atoms with E-state index in [4.69, 9.17) is 0 Å². The molecule has 0 saturated heterocycles. The van der Waals surface area contributed by atoms with Crippen LogP contribution in [0.5, 0.6) is 0 Å². The van der Waals surface area contributed by atoms with Gasteiger partial charge in [0.25, 0.3) is 5.91 Å². The first-order chi connectivity index (χ1) is 13.0. The molecule has 1 amide bonds. The highest BCUT2D eigenvalue weighted by Gasteiger charge is 2.18. The highest BCUT2D eigenvalue weighted by Crippen LogP contribution is 2.30. The number of halogens is 1. The number of amides is 1. The number of hydrogen-bond donors (Lipinski definition) is 1. The van der Waals surface area contributed by atoms with Gasteiger partial charge in [0.1, 0.15) is 15.7 Å². The topological polar surface area (TPSA) is 85.6 Å². The molecule has 0 fully saturated rings. The van der Waals surface area contributed by atoms with Gasteiger partial charge in [0.15, 0.2) is 5.82 Å². The van der Waals surface area contributed by atoms with E-state index in [0.717, 1.165) is 10.6 Å². The maximum Gasteiger partial charge on any atom is 0.267 e. The number of carbonyl (C=O) groups excluding carboxylic acids is 1. The Balaban J connectivity index is 1.63. The molecule has 0 unspecified atom stereocenters. The quantitative estimate of drug-likeness (QED) is 0.562. The molecule has 27 heavy (non-hydrogen) atoms. The molecule has 0 saturated carbocycles. The van der Waals surface area contributed by atoms with E-state index in [1.165, 1.54) is 28.2 Å². The van der Waals surface area contributed by atoms with Gasteiger partial charge in [0.2, 0.25) is 0 Å². The number of aromatic nitrogens is 5. The lowest BCUT2D eigenvalue weighted by Crippen LogP contribution is -2.13. The molecule has 136 valence electrons. The van der Waals surface area contributed by atoms with E-state index in [9.17, 15) is 9.18 Å². The monoisotopic (exact) mass is 400 g/mol. The van der Waals surface area contributed by atoms with E-state index in [2.05, 4.69) is 25.8 Å². The average molecular weight is 400 g/mol. The fraction of sp³-hybridized carbons (Fsp3) is 0.118. The minimum Gasteiger partial charge on any atom is -0.319 e. The molecule has 0 aliphatic carbocycles. The van der Waals surface area contributed by atoms with Crippen molar-refractivity contribution < 1.29 is 9.18 Å². The Morgan fingerprint density at radius 1 is 1.26 bits per heavy atom. The SMILES string of the molecule is Cc1nc(-c2ccsc2)sc1C(=O)Nc1cc(-n2nnnc2C)ccc1F. The van der Waals surface area contributed by atoms with Crippen LogP contribution in [0.25, 0.3) is 16.3 Å². The van der Waals surface area contributed by atoms with E-state index in [1.807, 2.05) is 16.8 Å². The summed E-state index contributed by atoms with van der Waals surface area (Å²) in [6.45, 7) is 3.49. The van der Waals surface area contributed by atoms with Crippen LogP contribution in [0.1, 0.15) is 21.2 Å². The van der Waals surface area contributed by atoms with Crippen LogP contribution in [0, 0.1) is 19.7 Å². The Bertz CT molecular complexity index is 1120. The fourth-order valence-corrected chi connectivity index (χ4v) is 4.18. The molecular formula is C17H13FN6OS2. The standard InChI is InChI=1S/C17H13FN6OS2/c1-9-15(27-17(19-9)11-5-6-26-8-11)16(25)20-14-7-12(3-4-13(14)18)24-10(2)21-22-23-24/h3-8H,1-2H3,(H,20,25). The third-order valence-electron chi connectivity index (χ3n) is 3.84. The van der Waals surface area contributed by atoms with Gasteiger partial charge in [-0.3, -0.25) is 4.79 Å². The summed E-state index contributed by atoms with van der Waals surface area (Å²) in [6.07, 6.45) is 0. The summed E-state index contributed by atoms with van der Waals surface area (Å²) < 4.78 is 15.7. The van der Waals surface area contributed by atoms with E-state index >= 15 is 0 Å². The van der Waals surface area contributed by atoms with Crippen molar-refractivity contribution in [1.82, 2.24) is 25.2 Å². The molecule has 4 aromatic rings. The van der Waals surface area contributed by atoms with E-state index in [1.54, 1.807) is 31.3 Å². The van der Waals surface area contributed by atoms with E-state index < -0.39 is 11.7 Å². The second-order valence-corrected chi connectivity index (χ2v) is 7.48. The van der Waals surface area contributed by atoms with Crippen molar-refractivity contribution in [2.45, 2.75) is 13.8 Å². The Kier molecular flexibility index (Phi) is 4.50. The van der Waals surface area contributed by atoms with Crippen molar-refractivity contribution in [3.05, 3.63) is 57.2 Å². The number of thiazole rings is 1. The lowest BCUT2D eigenvalue weighted by atomic mass is 10.2. The summed E-state index contributed by atoms with van der Waals surface area (Å²) in [6, 6.07) is 6.25. The van der Waals surface area contributed by atoms with Crippen molar-refractivity contribution in [1.29, 1.82) is 0 Å². The fourth-order valence-electron chi connectivity index (χ4n) is 2.51. The van der Waals surface area contributed by atoms with E-state index in [0.29, 0.717) is 22.1 Å². The van der Waals surface area contributed by atoms with Crippen LogP contribution in [0.3, 0.4) is 0 Å². The summed E-state index contributed by atoms with van der Waals surface area (Å²) in [5, 5.41) is 18.5. The Hall–Kier alpha value is -2.98. The summed E-state index contributed by atoms with van der Waals surface area (Å²) in [7, 11) is 0. The third kappa shape index (κ3) is 3.36. The van der Waals surface area contributed by atoms with Gasteiger partial charge in [0, 0.05) is 10.9 Å². The molecule has 3 heterocycles. The number of rotatable bonds is 4. The van der Waals surface area contributed by atoms with Crippen molar-refractivity contribution in [2.24, 2.45) is 0 Å². The van der Waals surface area contributed by atoms with Crippen LogP contribution in [0.15, 0.2) is 35.0 Å². The van der Waals surface area contributed by atoms with Crippen LogP contribution in [0.2, 0.25) is 0 Å². The van der Waals surface area contributed by atoms with Gasteiger partial charge in [-0.1, -0.05) is 0 Å². The predicted octanol–water partition coefficient (Wildman–Crippen LogP) is 3.86. The number of aryl methyl sites for hydroxylation is 2. The number of tetrazole rings is 1. The summed E-state index contributed by atoms with van der Waals surface area (Å²) in [4.78, 5) is 17.6. The maximum atomic E-state index is 14.2. The molecular weight excluding hydrogens is 387 g/mol. The number of anilines is 1. The van der Waals surface area contributed by atoms with Crippen LogP contribution in [-0.4, -0.2) is 31.1 Å². The number of nitrogens with zero attached hydrogens (tertiary/aromatic N) is 5. The smallest absolute Gasteiger partial charge is 0.267 e. The zero-order chi connectivity index (χ0) is 19.0. The number of carbonyl (C=O) groups is 1. The molecule has 0 bridgehead atoms. The van der Waals surface area contributed by atoms with Gasteiger partial charge >= 0.3 is 0 Å². The molecule has 0 spiro atoms. The molecule has 0 aliphatic rings. The minimum atomic E-state index is -0.543. The number of benzene rings is 1. The Morgan fingerprint density at radius 3 is 2.81 bits per heavy atom. The summed E-state index contributed by atoms with van der Waals surface area (Å²) in [5.41, 5.74) is 2.17. The lowest BCUT2D eigenvalue weighted by Gasteiger charge is -2.08. The summed E-state index contributed by atoms with van der Waals surface area (Å²) in [5.74, 6) is -0.397. The van der Waals surface area contributed by atoms with Crippen LogP contribution in [-0.2, 0) is 0 Å². The van der Waals surface area contributed by atoms with Crippen LogP contribution in [0.4, 0.5) is 10.1 Å². The Labute approximate surface area is 161 Å². The van der Waals surface area contributed by atoms with E-state index in [-0.39, 0.29) is 5.69 Å². The molecule has 0 radical (unpaired) electrons. The molecule has 3 aromatic heterocycles. The van der Waals surface area contributed by atoms with Crippen LogP contribution >= 0.6 is 22.7 Å². The number of thiophene rings is 1. The molecule has 1 N–H and O–H groups in total. The molecule has 0 aliphatic heterocycles. The predicted molar refractivity (Wildman–Crippen MR) is 102 cm³/mol. The average Bonchev–Trinajstić information content (AvgIpc) is 3.37. The van der Waals surface area contributed by atoms with Gasteiger partial charge in [-0.05, 0) is 53.9 Å². The molecule has 7 nitrogen and oxygen atoms in total. The molecule has 4 rings (SSSR count). The lowest BCUT2D eigenvalue weighted by molar-refractivity contribution is 0.102. The molecule has 0 atom stereocenters. The third-order valence-corrected chi connectivity index (χ3v) is 5.73. The highest BCUT2D eigenvalue weighted by molar-refractivity contribution is 7.17. The van der Waals surface area contributed by atoms with Gasteiger partial charge in [0.05, 0.1) is 17.1 Å². The van der Waals surface area contributed by atoms with Gasteiger partial charge in [-0.15, -0.1) is 16.4 Å². The van der Waals surface area contributed by atoms with Crippen molar-refractivity contribution in [3.63, 3.8) is 0 Å². The Morgan fingerprint density at radius 2 is 2.11 bits per heavy atom. The normalized spacial score (nSPS) is 10.9. The largest absolute Gasteiger partial charge is 0.319 e. The number of hydrogen-bond acceptors (Lipinski definition) is 7. The zero-order valence-corrected chi connectivity index (χ0v) is 15.9. The second kappa shape index (κ2) is 6.97. The maximum absolute atomic E-state index is 14.2.